The van der Waals surface area contributed by atoms with Crippen LogP contribution in [0.2, 0.25) is 0 Å². The van der Waals surface area contributed by atoms with E-state index in [-0.39, 0.29) is 5.75 Å². The Balaban J connectivity index is 1.72. The number of benzene rings is 4. The van der Waals surface area contributed by atoms with Crippen LogP contribution in [0, 0.1) is 6.92 Å². The third-order valence-corrected chi connectivity index (χ3v) is 5.75. The summed E-state index contributed by atoms with van der Waals surface area (Å²) in [6, 6.07) is 35.3. The molecule has 5 aromatic rings. The lowest BCUT2D eigenvalue weighted by molar-refractivity contribution is 0.475. The van der Waals surface area contributed by atoms with Crippen molar-refractivity contribution in [2.75, 3.05) is 0 Å². The van der Waals surface area contributed by atoms with Crippen molar-refractivity contribution in [3.8, 4) is 28.1 Å². The first kappa shape index (κ1) is 18.3. The molecule has 1 heterocycles. The standard InChI is InChI=1S/C28H23NO/c1-20-26-18-24(22-12-15-25(30)16-13-22)14-17-27(26)29(19-21-8-4-2-5-9-21)28(20)23-10-6-3-7-11-23/h2-18,30H,19H2,1H3. The van der Waals surface area contributed by atoms with Gasteiger partial charge in [-0.05, 0) is 59.0 Å². The molecular weight excluding hydrogens is 366 g/mol. The third kappa shape index (κ3) is 3.27. The fraction of sp³-hybridized carbons (Fsp3) is 0.0714. The van der Waals surface area contributed by atoms with E-state index in [2.05, 4.69) is 90.4 Å². The van der Waals surface area contributed by atoms with Crippen LogP contribution in [0.3, 0.4) is 0 Å². The van der Waals surface area contributed by atoms with Crippen LogP contribution >= 0.6 is 0 Å². The van der Waals surface area contributed by atoms with Gasteiger partial charge >= 0.3 is 0 Å². The van der Waals surface area contributed by atoms with Crippen molar-refractivity contribution in [1.29, 1.82) is 0 Å². The van der Waals surface area contributed by atoms with Gasteiger partial charge < -0.3 is 9.67 Å². The average Bonchev–Trinajstić information content (AvgIpc) is 3.06. The van der Waals surface area contributed by atoms with Crippen molar-refractivity contribution in [1.82, 2.24) is 4.57 Å². The van der Waals surface area contributed by atoms with Gasteiger partial charge in [0.25, 0.3) is 0 Å². The van der Waals surface area contributed by atoms with Crippen LogP contribution in [-0.2, 0) is 6.54 Å². The SMILES string of the molecule is Cc1c(-c2ccccc2)n(Cc2ccccc2)c2ccc(-c3ccc(O)cc3)cc12. The molecule has 2 heteroatoms. The highest BCUT2D eigenvalue weighted by molar-refractivity contribution is 5.94. The van der Waals surface area contributed by atoms with E-state index in [1.54, 1.807) is 12.1 Å². The predicted molar refractivity (Wildman–Crippen MR) is 125 cm³/mol. The van der Waals surface area contributed by atoms with Gasteiger partial charge in [-0.2, -0.15) is 0 Å². The molecule has 0 saturated carbocycles. The maximum Gasteiger partial charge on any atom is 0.115 e. The van der Waals surface area contributed by atoms with Crippen molar-refractivity contribution in [3.63, 3.8) is 0 Å². The van der Waals surface area contributed by atoms with Crippen LogP contribution in [0.5, 0.6) is 5.75 Å². The first-order valence-corrected chi connectivity index (χ1v) is 10.2. The lowest BCUT2D eigenvalue weighted by Gasteiger charge is -2.12. The summed E-state index contributed by atoms with van der Waals surface area (Å²) in [5.41, 5.74) is 8.55. The van der Waals surface area contributed by atoms with Crippen LogP contribution < -0.4 is 0 Å². The summed E-state index contributed by atoms with van der Waals surface area (Å²) in [5.74, 6) is 0.288. The second kappa shape index (κ2) is 7.57. The summed E-state index contributed by atoms with van der Waals surface area (Å²) in [4.78, 5) is 0. The second-order valence-corrected chi connectivity index (χ2v) is 7.69. The minimum absolute atomic E-state index is 0.288. The van der Waals surface area contributed by atoms with Crippen molar-refractivity contribution < 1.29 is 5.11 Å². The number of aromatic hydroxyl groups is 1. The summed E-state index contributed by atoms with van der Waals surface area (Å²) in [6.07, 6.45) is 0. The summed E-state index contributed by atoms with van der Waals surface area (Å²) in [7, 11) is 0. The molecule has 0 saturated heterocycles. The molecule has 2 nitrogen and oxygen atoms in total. The molecule has 0 atom stereocenters. The molecule has 0 spiro atoms. The lowest BCUT2D eigenvalue weighted by atomic mass is 10.0. The first-order valence-electron chi connectivity index (χ1n) is 10.2. The molecule has 0 bridgehead atoms. The zero-order valence-corrected chi connectivity index (χ0v) is 16.9. The normalized spacial score (nSPS) is 11.1. The molecule has 30 heavy (non-hydrogen) atoms. The Labute approximate surface area is 176 Å². The van der Waals surface area contributed by atoms with E-state index in [4.69, 9.17) is 0 Å². The molecule has 0 aliphatic rings. The van der Waals surface area contributed by atoms with E-state index in [1.165, 1.54) is 33.3 Å². The predicted octanol–water partition coefficient (Wildman–Crippen LogP) is 7.04. The molecule has 0 amide bonds. The third-order valence-electron chi connectivity index (χ3n) is 5.75. The first-order chi connectivity index (χ1) is 14.7. The molecule has 0 aliphatic heterocycles. The van der Waals surface area contributed by atoms with Crippen molar-refractivity contribution >= 4 is 10.9 Å². The number of phenolic OH excluding ortho intramolecular Hbond substituents is 1. The number of aryl methyl sites for hydroxylation is 1. The average molecular weight is 389 g/mol. The van der Waals surface area contributed by atoms with Crippen molar-refractivity contribution in [2.24, 2.45) is 0 Å². The van der Waals surface area contributed by atoms with Gasteiger partial charge in [0.1, 0.15) is 5.75 Å². The van der Waals surface area contributed by atoms with Gasteiger partial charge in [0.15, 0.2) is 0 Å². The molecule has 0 aliphatic carbocycles. The van der Waals surface area contributed by atoms with Gasteiger partial charge in [-0.25, -0.2) is 0 Å². The maximum atomic E-state index is 9.62. The summed E-state index contributed by atoms with van der Waals surface area (Å²) >= 11 is 0. The van der Waals surface area contributed by atoms with E-state index in [0.717, 1.165) is 17.7 Å². The highest BCUT2D eigenvalue weighted by Crippen LogP contribution is 2.36. The van der Waals surface area contributed by atoms with Gasteiger partial charge in [-0.1, -0.05) is 78.9 Å². The van der Waals surface area contributed by atoms with Crippen LogP contribution in [-0.4, -0.2) is 9.67 Å². The van der Waals surface area contributed by atoms with E-state index < -0.39 is 0 Å². The summed E-state index contributed by atoms with van der Waals surface area (Å²) in [5, 5.41) is 10.9. The molecule has 5 rings (SSSR count). The number of hydrogen-bond acceptors (Lipinski definition) is 1. The number of fused-ring (bicyclic) bond motifs is 1. The Morgan fingerprint density at radius 3 is 2.00 bits per heavy atom. The zero-order valence-electron chi connectivity index (χ0n) is 16.9. The van der Waals surface area contributed by atoms with E-state index in [1.807, 2.05) is 12.1 Å². The van der Waals surface area contributed by atoms with Gasteiger partial charge in [0, 0.05) is 17.4 Å². The molecule has 1 aromatic heterocycles. The number of phenols is 1. The van der Waals surface area contributed by atoms with Gasteiger partial charge in [-0.15, -0.1) is 0 Å². The smallest absolute Gasteiger partial charge is 0.115 e. The number of aromatic nitrogens is 1. The Kier molecular flexibility index (Phi) is 4.61. The van der Waals surface area contributed by atoms with Crippen LogP contribution in [0.25, 0.3) is 33.3 Å². The van der Waals surface area contributed by atoms with Crippen molar-refractivity contribution in [3.05, 3.63) is 114 Å². The summed E-state index contributed by atoms with van der Waals surface area (Å²) in [6.45, 7) is 3.04. The van der Waals surface area contributed by atoms with Gasteiger partial charge in [-0.3, -0.25) is 0 Å². The largest absolute Gasteiger partial charge is 0.508 e. The fourth-order valence-corrected chi connectivity index (χ4v) is 4.25. The minimum atomic E-state index is 0.288. The highest BCUT2D eigenvalue weighted by atomic mass is 16.3. The Bertz CT molecular complexity index is 1300. The minimum Gasteiger partial charge on any atom is -0.508 e. The van der Waals surface area contributed by atoms with Gasteiger partial charge in [0.05, 0.1) is 5.69 Å². The van der Waals surface area contributed by atoms with E-state index in [0.29, 0.717) is 0 Å². The van der Waals surface area contributed by atoms with E-state index in [9.17, 15) is 5.11 Å². The molecule has 0 radical (unpaired) electrons. The van der Waals surface area contributed by atoms with Crippen molar-refractivity contribution in [2.45, 2.75) is 13.5 Å². The maximum absolute atomic E-state index is 9.62. The Hall–Kier alpha value is -3.78. The topological polar surface area (TPSA) is 25.2 Å². The van der Waals surface area contributed by atoms with Gasteiger partial charge in [0.2, 0.25) is 0 Å². The number of rotatable bonds is 4. The molecule has 1 N–H and O–H groups in total. The Morgan fingerprint density at radius 2 is 1.30 bits per heavy atom. The van der Waals surface area contributed by atoms with Crippen LogP contribution in [0.4, 0.5) is 0 Å². The molecule has 4 aromatic carbocycles. The fourth-order valence-electron chi connectivity index (χ4n) is 4.25. The second-order valence-electron chi connectivity index (χ2n) is 7.69. The number of nitrogens with zero attached hydrogens (tertiary/aromatic N) is 1. The molecular formula is C28H23NO. The quantitative estimate of drug-likeness (QED) is 0.350. The Morgan fingerprint density at radius 1 is 0.667 bits per heavy atom. The monoisotopic (exact) mass is 389 g/mol. The molecule has 146 valence electrons. The van der Waals surface area contributed by atoms with Crippen LogP contribution in [0.15, 0.2) is 103 Å². The lowest BCUT2D eigenvalue weighted by Crippen LogP contribution is -2.02. The number of hydrogen-bond donors (Lipinski definition) is 1. The van der Waals surface area contributed by atoms with E-state index >= 15 is 0 Å². The zero-order chi connectivity index (χ0) is 20.5. The highest BCUT2D eigenvalue weighted by Gasteiger charge is 2.16. The molecule has 0 fully saturated rings. The molecule has 0 unspecified atom stereocenters. The van der Waals surface area contributed by atoms with Crippen LogP contribution in [0.1, 0.15) is 11.1 Å². The summed E-state index contributed by atoms with van der Waals surface area (Å²) < 4.78 is 2.43.